The fourth-order valence-electron chi connectivity index (χ4n) is 1.42. The Morgan fingerprint density at radius 3 is 2.81 bits per heavy atom. The van der Waals surface area contributed by atoms with Crippen molar-refractivity contribution in [3.8, 4) is 6.07 Å². The number of carbonyl (C=O) groups is 1. The molecule has 0 saturated heterocycles. The summed E-state index contributed by atoms with van der Waals surface area (Å²) in [5.74, 6) is -0.129. The largest absolute Gasteiger partial charge is 0.324 e. The fourth-order valence-corrected chi connectivity index (χ4v) is 1.72. The highest BCUT2D eigenvalue weighted by Crippen LogP contribution is 2.10. The second-order valence-electron chi connectivity index (χ2n) is 3.32. The summed E-state index contributed by atoms with van der Waals surface area (Å²) in [6.45, 7) is 1.96. The Morgan fingerprint density at radius 2 is 2.31 bits per heavy atom. The molecule has 0 amide bonds. The van der Waals surface area contributed by atoms with Gasteiger partial charge in [0.1, 0.15) is 11.6 Å². The third-order valence-corrected chi connectivity index (χ3v) is 2.67. The van der Waals surface area contributed by atoms with Gasteiger partial charge in [-0.25, -0.2) is 0 Å². The first kappa shape index (κ1) is 12.7. The van der Waals surface area contributed by atoms with Crippen LogP contribution in [0.25, 0.3) is 0 Å². The van der Waals surface area contributed by atoms with Gasteiger partial charge in [0.25, 0.3) is 5.56 Å². The molecular weight excluding hydrogens is 272 g/mol. The van der Waals surface area contributed by atoms with Gasteiger partial charge in [0.15, 0.2) is 5.78 Å². The first-order chi connectivity index (χ1) is 7.63. The topological polar surface area (TPSA) is 73.7 Å². The number of aryl methyl sites for hydroxylation is 1. The van der Waals surface area contributed by atoms with Crippen molar-refractivity contribution in [1.29, 1.82) is 5.26 Å². The first-order valence-electron chi connectivity index (χ1n) is 4.89. The Morgan fingerprint density at radius 1 is 1.62 bits per heavy atom. The van der Waals surface area contributed by atoms with Crippen LogP contribution >= 0.6 is 15.9 Å². The number of rotatable bonds is 4. The molecule has 0 aromatic carbocycles. The van der Waals surface area contributed by atoms with E-state index in [0.717, 1.165) is 6.42 Å². The predicted octanol–water partition coefficient (Wildman–Crippen LogP) is 1.78. The number of hydrogen-bond acceptors (Lipinski definition) is 3. The number of aromatic nitrogens is 1. The minimum Gasteiger partial charge on any atom is -0.324 e. The maximum Gasteiger partial charge on any atom is 0.266 e. The summed E-state index contributed by atoms with van der Waals surface area (Å²) in [5.41, 5.74) is 0.576. The molecule has 0 radical (unpaired) electrons. The number of nitrogens with zero attached hydrogens (tertiary/aromatic N) is 1. The Kier molecular flexibility index (Phi) is 4.44. The number of nitriles is 1. The van der Waals surface area contributed by atoms with Gasteiger partial charge in [-0.15, -0.1) is 0 Å². The highest BCUT2D eigenvalue weighted by molar-refractivity contribution is 9.09. The van der Waals surface area contributed by atoms with Crippen LogP contribution in [0.2, 0.25) is 0 Å². The van der Waals surface area contributed by atoms with E-state index in [4.69, 9.17) is 5.26 Å². The molecule has 0 spiro atoms. The second kappa shape index (κ2) is 5.61. The van der Waals surface area contributed by atoms with E-state index < -0.39 is 5.56 Å². The van der Waals surface area contributed by atoms with E-state index in [9.17, 15) is 9.59 Å². The molecule has 1 aromatic heterocycles. The highest BCUT2D eigenvalue weighted by Gasteiger charge is 2.13. The number of carbonyl (C=O) groups excluding carboxylic acids is 1. The smallest absolute Gasteiger partial charge is 0.266 e. The molecule has 0 unspecified atom stereocenters. The van der Waals surface area contributed by atoms with Crippen LogP contribution in [0.15, 0.2) is 10.9 Å². The second-order valence-corrected chi connectivity index (χ2v) is 3.88. The SMILES string of the molecule is CCCc1[nH]c(=O)c(C#N)cc1C(=O)CBr. The van der Waals surface area contributed by atoms with Crippen molar-refractivity contribution < 1.29 is 4.79 Å². The lowest BCUT2D eigenvalue weighted by Crippen LogP contribution is -2.18. The van der Waals surface area contributed by atoms with Gasteiger partial charge in [-0.1, -0.05) is 29.3 Å². The minimum atomic E-state index is -0.433. The van der Waals surface area contributed by atoms with Crippen molar-refractivity contribution in [1.82, 2.24) is 4.98 Å². The van der Waals surface area contributed by atoms with Crippen LogP contribution in [0.4, 0.5) is 0 Å². The van der Waals surface area contributed by atoms with Gasteiger partial charge in [-0.3, -0.25) is 9.59 Å². The number of ketones is 1. The van der Waals surface area contributed by atoms with E-state index in [1.165, 1.54) is 6.07 Å². The third kappa shape index (κ3) is 2.58. The molecule has 0 saturated carbocycles. The number of aromatic amines is 1. The van der Waals surface area contributed by atoms with Gasteiger partial charge in [0.2, 0.25) is 0 Å². The quantitative estimate of drug-likeness (QED) is 0.676. The van der Waals surface area contributed by atoms with Crippen molar-refractivity contribution in [2.75, 3.05) is 5.33 Å². The van der Waals surface area contributed by atoms with E-state index >= 15 is 0 Å². The van der Waals surface area contributed by atoms with Crippen LogP contribution in [-0.4, -0.2) is 16.1 Å². The Balaban J connectivity index is 3.37. The Bertz CT molecular complexity index is 500. The average Bonchev–Trinajstić information content (AvgIpc) is 2.29. The van der Waals surface area contributed by atoms with Crippen LogP contribution in [0, 0.1) is 11.3 Å². The van der Waals surface area contributed by atoms with E-state index in [0.29, 0.717) is 17.7 Å². The zero-order valence-electron chi connectivity index (χ0n) is 8.84. The van der Waals surface area contributed by atoms with Crippen molar-refractivity contribution in [3.05, 3.63) is 33.2 Å². The van der Waals surface area contributed by atoms with E-state index in [2.05, 4.69) is 20.9 Å². The molecule has 0 aliphatic rings. The molecule has 1 rings (SSSR count). The summed E-state index contributed by atoms with van der Waals surface area (Å²) >= 11 is 3.08. The maximum atomic E-state index is 11.6. The average molecular weight is 283 g/mol. The number of halogens is 1. The predicted molar refractivity (Wildman–Crippen MR) is 63.9 cm³/mol. The number of hydrogen-bond donors (Lipinski definition) is 1. The van der Waals surface area contributed by atoms with Crippen molar-refractivity contribution >= 4 is 21.7 Å². The lowest BCUT2D eigenvalue weighted by Gasteiger charge is -2.06. The van der Waals surface area contributed by atoms with Crippen LogP contribution in [0.3, 0.4) is 0 Å². The summed E-state index contributed by atoms with van der Waals surface area (Å²) < 4.78 is 0. The summed E-state index contributed by atoms with van der Waals surface area (Å²) in [4.78, 5) is 25.6. The minimum absolute atomic E-state index is 0.0239. The van der Waals surface area contributed by atoms with Crippen molar-refractivity contribution in [2.45, 2.75) is 19.8 Å². The number of pyridine rings is 1. The molecule has 0 atom stereocenters. The summed E-state index contributed by atoms with van der Waals surface area (Å²) in [6, 6.07) is 3.14. The number of H-pyrrole nitrogens is 1. The number of alkyl halides is 1. The van der Waals surface area contributed by atoms with E-state index in [1.54, 1.807) is 6.07 Å². The zero-order valence-corrected chi connectivity index (χ0v) is 10.4. The van der Waals surface area contributed by atoms with Crippen LogP contribution in [0.1, 0.15) is 35.0 Å². The first-order valence-corrected chi connectivity index (χ1v) is 6.01. The normalized spacial score (nSPS) is 9.81. The van der Waals surface area contributed by atoms with Crippen LogP contribution < -0.4 is 5.56 Å². The standard InChI is InChI=1S/C11H11BrN2O2/c1-2-3-9-8(10(15)5-12)4-7(6-13)11(16)14-9/h4H,2-3,5H2,1H3,(H,14,16). The van der Waals surface area contributed by atoms with Crippen molar-refractivity contribution in [2.24, 2.45) is 0 Å². The van der Waals surface area contributed by atoms with Crippen LogP contribution in [0.5, 0.6) is 0 Å². The van der Waals surface area contributed by atoms with Gasteiger partial charge in [0.05, 0.1) is 5.33 Å². The Labute approximate surface area is 101 Å². The monoisotopic (exact) mass is 282 g/mol. The molecule has 0 aliphatic heterocycles. The third-order valence-electron chi connectivity index (χ3n) is 2.17. The van der Waals surface area contributed by atoms with Crippen LogP contribution in [-0.2, 0) is 6.42 Å². The molecule has 1 heterocycles. The summed E-state index contributed by atoms with van der Waals surface area (Å²) in [6.07, 6.45) is 1.44. The molecular formula is C11H11BrN2O2. The molecule has 16 heavy (non-hydrogen) atoms. The number of Topliss-reactive ketones (excluding diaryl/α,β-unsaturated/α-hetero) is 1. The molecule has 0 aliphatic carbocycles. The molecule has 5 heteroatoms. The van der Waals surface area contributed by atoms with Gasteiger partial charge in [0, 0.05) is 11.3 Å². The highest BCUT2D eigenvalue weighted by atomic mass is 79.9. The molecule has 0 fully saturated rings. The van der Waals surface area contributed by atoms with Gasteiger partial charge in [-0.05, 0) is 12.5 Å². The fraction of sp³-hybridized carbons (Fsp3) is 0.364. The Hall–Kier alpha value is -1.41. The van der Waals surface area contributed by atoms with E-state index in [1.807, 2.05) is 6.92 Å². The van der Waals surface area contributed by atoms with Gasteiger partial charge in [-0.2, -0.15) is 5.26 Å². The maximum absolute atomic E-state index is 11.6. The molecule has 0 bridgehead atoms. The van der Waals surface area contributed by atoms with Gasteiger partial charge >= 0.3 is 0 Å². The lowest BCUT2D eigenvalue weighted by atomic mass is 10.0. The summed E-state index contributed by atoms with van der Waals surface area (Å²) in [5, 5.41) is 8.91. The molecule has 4 nitrogen and oxygen atoms in total. The molecule has 1 aromatic rings. The zero-order chi connectivity index (χ0) is 12.1. The summed E-state index contributed by atoms with van der Waals surface area (Å²) in [7, 11) is 0. The van der Waals surface area contributed by atoms with Crippen molar-refractivity contribution in [3.63, 3.8) is 0 Å². The lowest BCUT2D eigenvalue weighted by molar-refractivity contribution is 0.102. The molecule has 84 valence electrons. The van der Waals surface area contributed by atoms with E-state index in [-0.39, 0.29) is 16.7 Å². The number of nitrogens with one attached hydrogen (secondary N) is 1. The molecule has 1 N–H and O–H groups in total. The van der Waals surface area contributed by atoms with Gasteiger partial charge < -0.3 is 4.98 Å².